The van der Waals surface area contributed by atoms with E-state index >= 15 is 0 Å². The minimum atomic E-state index is -0.561. The van der Waals surface area contributed by atoms with Gasteiger partial charge in [-0.25, -0.2) is 0 Å². The number of nitrogens with zero attached hydrogens (tertiary/aromatic N) is 4. The number of pyridine rings is 2. The molecule has 8 heterocycles. The molecule has 6 heteroatoms. The molecule has 1 unspecified atom stereocenters. The van der Waals surface area contributed by atoms with Gasteiger partial charge in [-0.3, -0.25) is 0 Å². The Morgan fingerprint density at radius 1 is 0.558 bits per heavy atom. The van der Waals surface area contributed by atoms with Crippen LogP contribution in [0.1, 0.15) is 11.1 Å². The molecule has 0 bridgehead atoms. The topological polar surface area (TPSA) is 25.8 Å². The van der Waals surface area contributed by atoms with Crippen molar-refractivity contribution >= 4 is 86.2 Å². The largest absolute Gasteiger partial charge is 0.456 e. The van der Waals surface area contributed by atoms with Gasteiger partial charge in [0.1, 0.15) is 58.4 Å². The Morgan fingerprint density at radius 3 is 1.98 bits per heavy atom. The molecule has 5 nitrogen and oxygen atoms in total. The van der Waals surface area contributed by atoms with Crippen molar-refractivity contribution < 1.29 is 13.9 Å². The van der Waals surface area contributed by atoms with Crippen LogP contribution in [0.3, 0.4) is 0 Å². The minimum absolute atomic E-state index is 0.561. The number of imidazole rings is 2. The lowest BCUT2D eigenvalue weighted by Gasteiger charge is -2.30. The number of fused-ring (bicyclic) bond motifs is 9. The van der Waals surface area contributed by atoms with Crippen LogP contribution in [0.25, 0.3) is 74.8 Å². The van der Waals surface area contributed by atoms with E-state index in [0.29, 0.717) is 0 Å². The molecule has 5 aromatic heterocycles. The zero-order valence-electron chi connectivity index (χ0n) is 22.5. The van der Waals surface area contributed by atoms with E-state index in [-0.39, 0.29) is 0 Å². The predicted octanol–water partition coefficient (Wildman–Crippen LogP) is 7.78. The summed E-state index contributed by atoms with van der Waals surface area (Å²) in [6.45, 7) is 0. The fourth-order valence-electron chi connectivity index (χ4n) is 9.05. The van der Waals surface area contributed by atoms with Crippen molar-refractivity contribution in [1.29, 1.82) is 0 Å². The Morgan fingerprint density at radius 2 is 1.21 bits per heavy atom. The standard InChI is InChI=1S/C37H18N4OS/c1-3-7-25-19(5-1)21-9-11-27-33-31(21)35-38(25)13-15-40(35)37(33)34-28(42-27)12-10-22-23-17-24-20-6-2-4-8-29(20)43-30(24)18-26(23)39-14-16-41(37)36(39)32(22)34/h1-18H/q+2. The number of benzene rings is 5. The van der Waals surface area contributed by atoms with Gasteiger partial charge >= 0.3 is 5.66 Å². The third kappa shape index (κ3) is 1.87. The first kappa shape index (κ1) is 20.4. The summed E-state index contributed by atoms with van der Waals surface area (Å²) in [6, 6.07) is 31.3. The summed E-state index contributed by atoms with van der Waals surface area (Å²) in [5.41, 5.74) is 6.83. The molecule has 0 N–H and O–H groups in total. The Bertz CT molecular complexity index is 3050. The van der Waals surface area contributed by atoms with Gasteiger partial charge in [-0.05, 0) is 42.5 Å². The zero-order valence-corrected chi connectivity index (χ0v) is 23.3. The SMILES string of the molecule is c1ccc2c(c1)sc1cc3c(cc12)c1ccc2c4c1c1n3cc[n+]1C41c3c(ccc4c5ccccc5n5cc[n+]1c5c34)O2. The van der Waals surface area contributed by atoms with E-state index in [4.69, 9.17) is 4.74 Å². The average molecular weight is 567 g/mol. The molecule has 3 aliphatic rings. The lowest BCUT2D eigenvalue weighted by atomic mass is 9.85. The summed E-state index contributed by atoms with van der Waals surface area (Å²) in [4.78, 5) is 0. The second-order valence-corrected chi connectivity index (χ2v) is 13.3. The van der Waals surface area contributed by atoms with Crippen LogP contribution in [0.4, 0.5) is 0 Å². The maximum atomic E-state index is 6.84. The second-order valence-electron chi connectivity index (χ2n) is 12.2. The summed E-state index contributed by atoms with van der Waals surface area (Å²) < 4.78 is 19.3. The van der Waals surface area contributed by atoms with E-state index in [1.165, 1.54) is 85.9 Å². The molecule has 1 spiro atoms. The van der Waals surface area contributed by atoms with Crippen LogP contribution in [0.5, 0.6) is 11.5 Å². The highest BCUT2D eigenvalue weighted by atomic mass is 32.1. The normalized spacial score (nSPS) is 17.6. The van der Waals surface area contributed by atoms with Gasteiger partial charge in [0.05, 0.1) is 10.8 Å². The lowest BCUT2D eigenvalue weighted by molar-refractivity contribution is -0.944. The third-order valence-electron chi connectivity index (χ3n) is 10.5. The highest BCUT2D eigenvalue weighted by Gasteiger charge is 2.65. The number of thiophene rings is 1. The molecular formula is C37H18N4OS+2. The lowest BCUT2D eigenvalue weighted by Crippen LogP contribution is -2.71. The van der Waals surface area contributed by atoms with E-state index in [0.717, 1.165) is 11.5 Å². The fourth-order valence-corrected chi connectivity index (χ4v) is 10.2. The zero-order chi connectivity index (χ0) is 27.3. The Balaban J connectivity index is 1.29. The monoisotopic (exact) mass is 566 g/mol. The fraction of sp³-hybridized carbons (Fsp3) is 0.0270. The summed E-state index contributed by atoms with van der Waals surface area (Å²) >= 11 is 1.88. The van der Waals surface area contributed by atoms with Crippen LogP contribution in [-0.2, 0) is 5.66 Å². The highest BCUT2D eigenvalue weighted by Crippen LogP contribution is 2.57. The first-order chi connectivity index (χ1) is 21.3. The van der Waals surface area contributed by atoms with Gasteiger partial charge in [-0.1, -0.05) is 36.4 Å². The van der Waals surface area contributed by atoms with Crippen LogP contribution in [0.2, 0.25) is 0 Å². The molecule has 0 fully saturated rings. The van der Waals surface area contributed by atoms with Crippen molar-refractivity contribution in [1.82, 2.24) is 8.80 Å². The molecule has 3 aliphatic heterocycles. The van der Waals surface area contributed by atoms with Crippen molar-refractivity contribution in [2.75, 3.05) is 0 Å². The Hall–Kier alpha value is -5.46. The predicted molar refractivity (Wildman–Crippen MR) is 170 cm³/mol. The van der Waals surface area contributed by atoms with Gasteiger partial charge in [-0.15, -0.1) is 11.3 Å². The number of hydrogen-bond donors (Lipinski definition) is 0. The van der Waals surface area contributed by atoms with Crippen molar-refractivity contribution in [2.45, 2.75) is 5.66 Å². The van der Waals surface area contributed by atoms with Gasteiger partial charge in [0.2, 0.25) is 0 Å². The van der Waals surface area contributed by atoms with Crippen LogP contribution in [-0.4, -0.2) is 8.80 Å². The van der Waals surface area contributed by atoms with Crippen molar-refractivity contribution in [3.63, 3.8) is 0 Å². The maximum Gasteiger partial charge on any atom is 0.315 e. The van der Waals surface area contributed by atoms with E-state index in [1.54, 1.807) is 0 Å². The summed E-state index contributed by atoms with van der Waals surface area (Å²) in [5, 5.41) is 10.3. The van der Waals surface area contributed by atoms with Crippen LogP contribution < -0.4 is 13.9 Å². The quantitative estimate of drug-likeness (QED) is 0.136. The van der Waals surface area contributed by atoms with E-state index in [1.807, 2.05) is 11.3 Å². The Labute approximate surface area is 246 Å². The number of aromatic nitrogens is 4. The van der Waals surface area contributed by atoms with Crippen LogP contribution >= 0.6 is 11.3 Å². The first-order valence-electron chi connectivity index (χ1n) is 14.7. The van der Waals surface area contributed by atoms with Crippen molar-refractivity contribution in [3.8, 4) is 11.5 Å². The van der Waals surface area contributed by atoms with Crippen molar-refractivity contribution in [3.05, 3.63) is 121 Å². The van der Waals surface area contributed by atoms with Crippen LogP contribution in [0.15, 0.2) is 110 Å². The summed E-state index contributed by atoms with van der Waals surface area (Å²) in [5.74, 6) is 1.88. The molecule has 1 atom stereocenters. The van der Waals surface area contributed by atoms with E-state index in [9.17, 15) is 0 Å². The number of para-hydroxylation sites is 1. The minimum Gasteiger partial charge on any atom is -0.456 e. The number of hydrogen-bond acceptors (Lipinski definition) is 2. The summed E-state index contributed by atoms with van der Waals surface area (Å²) in [6.07, 6.45) is 9.08. The van der Waals surface area contributed by atoms with Gasteiger partial charge in [0.15, 0.2) is 0 Å². The van der Waals surface area contributed by atoms with Gasteiger partial charge in [0, 0.05) is 47.8 Å². The smallest absolute Gasteiger partial charge is 0.315 e. The molecular weight excluding hydrogens is 549 g/mol. The molecule has 0 saturated carbocycles. The maximum absolute atomic E-state index is 6.84. The molecule has 196 valence electrons. The summed E-state index contributed by atoms with van der Waals surface area (Å²) in [7, 11) is 0. The Kier molecular flexibility index (Phi) is 2.93. The molecule has 13 rings (SSSR count). The van der Waals surface area contributed by atoms with E-state index < -0.39 is 5.66 Å². The molecule has 0 amide bonds. The molecule has 0 saturated heterocycles. The number of ether oxygens (including phenoxy) is 1. The van der Waals surface area contributed by atoms with Gasteiger partial charge in [-0.2, -0.15) is 17.9 Å². The number of rotatable bonds is 0. The third-order valence-corrected chi connectivity index (χ3v) is 11.7. The molecule has 0 aliphatic carbocycles. The average Bonchev–Trinajstić information content (AvgIpc) is 3.85. The molecule has 5 aromatic carbocycles. The van der Waals surface area contributed by atoms with Gasteiger partial charge in [0.25, 0.3) is 11.3 Å². The van der Waals surface area contributed by atoms with Gasteiger partial charge < -0.3 is 4.74 Å². The molecule has 0 radical (unpaired) electrons. The molecule has 43 heavy (non-hydrogen) atoms. The highest BCUT2D eigenvalue weighted by molar-refractivity contribution is 7.25. The van der Waals surface area contributed by atoms with Crippen molar-refractivity contribution in [2.24, 2.45) is 0 Å². The van der Waals surface area contributed by atoms with E-state index in [2.05, 4.69) is 128 Å². The first-order valence-corrected chi connectivity index (χ1v) is 15.5. The molecule has 10 aromatic rings. The second kappa shape index (κ2) is 6.16. The van der Waals surface area contributed by atoms with Crippen LogP contribution in [0, 0.1) is 0 Å².